The van der Waals surface area contributed by atoms with Crippen LogP contribution < -0.4 is 5.32 Å². The fourth-order valence-corrected chi connectivity index (χ4v) is 2.77. The number of ether oxygens (including phenoxy) is 1. The number of nitrogens with zero attached hydrogens (tertiary/aromatic N) is 2. The zero-order valence-corrected chi connectivity index (χ0v) is 11.9. The fourth-order valence-electron chi connectivity index (χ4n) is 1.72. The number of furan rings is 1. The first-order valence-electron chi connectivity index (χ1n) is 6.19. The lowest BCUT2D eigenvalue weighted by Crippen LogP contribution is -2.30. The minimum Gasteiger partial charge on any atom is -0.478 e. The molecule has 104 valence electrons. The maximum absolute atomic E-state index is 9.38. The molecule has 1 atom stereocenters. The first-order valence-corrected chi connectivity index (χ1v) is 7.07. The molecule has 1 unspecified atom stereocenters. The van der Waals surface area contributed by atoms with Crippen molar-refractivity contribution in [1.29, 1.82) is 5.26 Å². The van der Waals surface area contributed by atoms with E-state index in [0.717, 1.165) is 0 Å². The highest BCUT2D eigenvalue weighted by atomic mass is 32.2. The van der Waals surface area contributed by atoms with Gasteiger partial charge in [0.25, 0.3) is 0 Å². The Morgan fingerprint density at radius 2 is 2.55 bits per heavy atom. The van der Waals surface area contributed by atoms with E-state index >= 15 is 0 Å². The van der Waals surface area contributed by atoms with E-state index < -0.39 is 0 Å². The third-order valence-corrected chi connectivity index (χ3v) is 3.69. The molecule has 1 aromatic heterocycles. The van der Waals surface area contributed by atoms with Crippen LogP contribution in [0.15, 0.2) is 51.9 Å². The van der Waals surface area contributed by atoms with Crippen molar-refractivity contribution in [2.24, 2.45) is 4.99 Å². The number of nitriles is 1. The van der Waals surface area contributed by atoms with Gasteiger partial charge in [0.05, 0.1) is 19.4 Å². The van der Waals surface area contributed by atoms with Gasteiger partial charge in [0.1, 0.15) is 22.7 Å². The predicted molar refractivity (Wildman–Crippen MR) is 78.9 cm³/mol. The summed E-state index contributed by atoms with van der Waals surface area (Å²) in [5.41, 5.74) is 0.504. The number of hydrogen-bond acceptors (Lipinski definition) is 5. The normalized spacial score (nSPS) is 20.4. The highest BCUT2D eigenvalue weighted by molar-refractivity contribution is 8.14. The van der Waals surface area contributed by atoms with E-state index in [-0.39, 0.29) is 5.25 Å². The van der Waals surface area contributed by atoms with Gasteiger partial charge in [-0.15, -0.1) is 6.58 Å². The molecular formula is C14H15N3O2S. The Kier molecular flexibility index (Phi) is 4.91. The lowest BCUT2D eigenvalue weighted by molar-refractivity contribution is 0.213. The highest BCUT2D eigenvalue weighted by Crippen LogP contribution is 2.40. The minimum absolute atomic E-state index is 0.249. The Bertz CT molecular complexity index is 570. The third kappa shape index (κ3) is 3.06. The van der Waals surface area contributed by atoms with Gasteiger partial charge in [-0.05, 0) is 19.1 Å². The third-order valence-electron chi connectivity index (χ3n) is 2.53. The van der Waals surface area contributed by atoms with E-state index in [0.29, 0.717) is 35.5 Å². The van der Waals surface area contributed by atoms with Crippen LogP contribution in [0.25, 0.3) is 0 Å². The van der Waals surface area contributed by atoms with Crippen LogP contribution in [-0.2, 0) is 4.74 Å². The predicted octanol–water partition coefficient (Wildman–Crippen LogP) is 2.97. The monoisotopic (exact) mass is 289 g/mol. The summed E-state index contributed by atoms with van der Waals surface area (Å²) >= 11 is 1.43. The smallest absolute Gasteiger partial charge is 0.208 e. The summed E-state index contributed by atoms with van der Waals surface area (Å²) in [4.78, 5) is 4.35. The summed E-state index contributed by atoms with van der Waals surface area (Å²) in [6, 6.07) is 5.83. The second kappa shape index (κ2) is 6.87. The van der Waals surface area contributed by atoms with Gasteiger partial charge in [0.2, 0.25) is 5.88 Å². The molecule has 0 aliphatic carbocycles. The molecule has 0 bridgehead atoms. The molecule has 6 heteroatoms. The van der Waals surface area contributed by atoms with Crippen molar-refractivity contribution in [3.05, 3.63) is 48.3 Å². The number of aliphatic imine (C=N–C) groups is 1. The molecule has 0 amide bonds. The number of thioether (sulfide) groups is 1. The second-order valence-corrected chi connectivity index (χ2v) is 4.95. The van der Waals surface area contributed by atoms with Crippen molar-refractivity contribution in [3.63, 3.8) is 0 Å². The van der Waals surface area contributed by atoms with Gasteiger partial charge in [0, 0.05) is 0 Å². The molecule has 0 saturated carbocycles. The van der Waals surface area contributed by atoms with E-state index in [1.165, 1.54) is 11.8 Å². The van der Waals surface area contributed by atoms with E-state index in [2.05, 4.69) is 23.0 Å². The molecule has 1 aliphatic heterocycles. The van der Waals surface area contributed by atoms with E-state index in [9.17, 15) is 5.26 Å². The molecule has 0 spiro atoms. The first-order chi connectivity index (χ1) is 9.80. The fraction of sp³-hybridized carbons (Fsp3) is 0.286. The molecule has 2 rings (SSSR count). The summed E-state index contributed by atoms with van der Waals surface area (Å²) in [6.45, 7) is 6.48. The maximum atomic E-state index is 9.38. The summed E-state index contributed by atoms with van der Waals surface area (Å²) < 4.78 is 10.9. The van der Waals surface area contributed by atoms with Gasteiger partial charge in [-0.2, -0.15) is 5.26 Å². The summed E-state index contributed by atoms with van der Waals surface area (Å²) in [6.07, 6.45) is 3.30. The summed E-state index contributed by atoms with van der Waals surface area (Å²) in [5, 5.41) is 12.9. The molecule has 0 saturated heterocycles. The summed E-state index contributed by atoms with van der Waals surface area (Å²) in [5.74, 6) is 1.15. The van der Waals surface area contributed by atoms with Crippen LogP contribution in [0.5, 0.6) is 0 Å². The Hall–Kier alpha value is -2.13. The quantitative estimate of drug-likeness (QED) is 0.844. The Morgan fingerprint density at radius 1 is 1.70 bits per heavy atom. The van der Waals surface area contributed by atoms with Crippen LogP contribution in [0.1, 0.15) is 17.9 Å². The largest absolute Gasteiger partial charge is 0.478 e. The molecule has 1 aromatic rings. The SMILES string of the molecule is C=CCN=C1NC(OCC)=C(C#N)C(c2ccco2)S1. The standard InChI is InChI=1S/C14H15N3O2S/c1-3-7-16-14-17-13(18-4-2)10(9-15)12(20-14)11-6-5-8-19-11/h3,5-6,8,12H,1,4,7H2,2H3,(H,16,17). The molecule has 0 radical (unpaired) electrons. The first kappa shape index (κ1) is 14.3. The van der Waals surface area contributed by atoms with Crippen LogP contribution in [0, 0.1) is 11.3 Å². The molecule has 0 fully saturated rings. The molecular weight excluding hydrogens is 274 g/mol. The van der Waals surface area contributed by atoms with Crippen molar-refractivity contribution in [2.75, 3.05) is 13.2 Å². The van der Waals surface area contributed by atoms with Gasteiger partial charge in [0.15, 0.2) is 5.17 Å². The highest BCUT2D eigenvalue weighted by Gasteiger charge is 2.31. The van der Waals surface area contributed by atoms with E-state index in [4.69, 9.17) is 9.15 Å². The lowest BCUT2D eigenvalue weighted by atomic mass is 10.1. The van der Waals surface area contributed by atoms with Gasteiger partial charge in [-0.25, -0.2) is 0 Å². The van der Waals surface area contributed by atoms with Crippen molar-refractivity contribution >= 4 is 16.9 Å². The maximum Gasteiger partial charge on any atom is 0.208 e. The van der Waals surface area contributed by atoms with E-state index in [1.807, 2.05) is 13.0 Å². The van der Waals surface area contributed by atoms with Gasteiger partial charge in [-0.3, -0.25) is 4.99 Å². The van der Waals surface area contributed by atoms with E-state index in [1.54, 1.807) is 18.4 Å². The second-order valence-electron chi connectivity index (χ2n) is 3.86. The lowest BCUT2D eigenvalue weighted by Gasteiger charge is -2.25. The molecule has 5 nitrogen and oxygen atoms in total. The Morgan fingerprint density at radius 3 is 3.15 bits per heavy atom. The zero-order valence-electron chi connectivity index (χ0n) is 11.1. The average molecular weight is 289 g/mol. The van der Waals surface area contributed by atoms with Crippen molar-refractivity contribution < 1.29 is 9.15 Å². The molecule has 0 aromatic carbocycles. The van der Waals surface area contributed by atoms with Crippen LogP contribution in [0.2, 0.25) is 0 Å². The molecule has 1 aliphatic rings. The molecule has 2 heterocycles. The Labute approximate surface area is 122 Å². The van der Waals surface area contributed by atoms with Crippen LogP contribution in [0.4, 0.5) is 0 Å². The van der Waals surface area contributed by atoms with Crippen molar-refractivity contribution in [2.45, 2.75) is 12.2 Å². The molecule has 1 N–H and O–H groups in total. The van der Waals surface area contributed by atoms with Crippen molar-refractivity contribution in [3.8, 4) is 6.07 Å². The number of nitrogens with one attached hydrogen (secondary N) is 1. The molecule has 20 heavy (non-hydrogen) atoms. The summed E-state index contributed by atoms with van der Waals surface area (Å²) in [7, 11) is 0. The van der Waals surface area contributed by atoms with Gasteiger partial charge >= 0.3 is 0 Å². The Balaban J connectivity index is 2.38. The van der Waals surface area contributed by atoms with Gasteiger partial charge in [-0.1, -0.05) is 17.8 Å². The van der Waals surface area contributed by atoms with Crippen LogP contribution in [-0.4, -0.2) is 18.3 Å². The van der Waals surface area contributed by atoms with Gasteiger partial charge < -0.3 is 14.5 Å². The van der Waals surface area contributed by atoms with Crippen molar-refractivity contribution in [1.82, 2.24) is 5.32 Å². The number of rotatable bonds is 5. The van der Waals surface area contributed by atoms with Crippen LogP contribution in [0.3, 0.4) is 0 Å². The topological polar surface area (TPSA) is 70.6 Å². The average Bonchev–Trinajstić information content (AvgIpc) is 2.99. The minimum atomic E-state index is -0.249. The number of amidine groups is 1. The number of hydrogen-bond donors (Lipinski definition) is 1. The zero-order chi connectivity index (χ0) is 14.4. The van der Waals surface area contributed by atoms with Crippen LogP contribution >= 0.6 is 11.8 Å².